The van der Waals surface area contributed by atoms with Crippen molar-refractivity contribution in [2.24, 2.45) is 0 Å². The summed E-state index contributed by atoms with van der Waals surface area (Å²) < 4.78 is 10.1. The zero-order chi connectivity index (χ0) is 13.8. The number of rotatable bonds is 4. The van der Waals surface area contributed by atoms with E-state index in [0.717, 1.165) is 16.9 Å². The molecule has 0 fully saturated rings. The molecule has 0 saturated heterocycles. The molecule has 1 N–H and O–H groups in total. The minimum absolute atomic E-state index is 0.419. The second-order valence-corrected chi connectivity index (χ2v) is 4.13. The number of aliphatic hydroxyl groups is 1. The SMILES string of the molecule is COc1ccc(C(O)c2ccc(OC)nn2)c(C)c1. The zero-order valence-corrected chi connectivity index (χ0v) is 11.1. The molecule has 0 saturated carbocycles. The quantitative estimate of drug-likeness (QED) is 0.909. The summed E-state index contributed by atoms with van der Waals surface area (Å²) in [5.74, 6) is 1.18. The van der Waals surface area contributed by atoms with Gasteiger partial charge < -0.3 is 14.6 Å². The van der Waals surface area contributed by atoms with Gasteiger partial charge in [-0.1, -0.05) is 6.07 Å². The first kappa shape index (κ1) is 13.3. The van der Waals surface area contributed by atoms with Crippen LogP contribution in [0.1, 0.15) is 22.9 Å². The van der Waals surface area contributed by atoms with Crippen LogP contribution in [0.2, 0.25) is 0 Å². The van der Waals surface area contributed by atoms with Gasteiger partial charge in [-0.15, -0.1) is 10.2 Å². The van der Waals surface area contributed by atoms with Gasteiger partial charge in [0, 0.05) is 6.07 Å². The number of benzene rings is 1. The predicted octanol–water partition coefficient (Wildman–Crippen LogP) is 1.88. The van der Waals surface area contributed by atoms with Crippen molar-refractivity contribution in [3.05, 3.63) is 47.2 Å². The maximum absolute atomic E-state index is 10.3. The Labute approximate surface area is 111 Å². The first-order valence-corrected chi connectivity index (χ1v) is 5.86. The van der Waals surface area contributed by atoms with Crippen molar-refractivity contribution >= 4 is 0 Å². The van der Waals surface area contributed by atoms with Crippen LogP contribution in [0.25, 0.3) is 0 Å². The number of hydrogen-bond acceptors (Lipinski definition) is 5. The molecule has 1 heterocycles. The Hall–Kier alpha value is -2.14. The summed E-state index contributed by atoms with van der Waals surface area (Å²) in [6.45, 7) is 1.91. The average Bonchev–Trinajstić information content (AvgIpc) is 2.46. The van der Waals surface area contributed by atoms with Crippen molar-refractivity contribution in [2.45, 2.75) is 13.0 Å². The fraction of sp³-hybridized carbons (Fsp3) is 0.286. The molecule has 0 spiro atoms. The van der Waals surface area contributed by atoms with Crippen LogP contribution in [0.3, 0.4) is 0 Å². The van der Waals surface area contributed by atoms with Crippen LogP contribution in [0.4, 0.5) is 0 Å². The van der Waals surface area contributed by atoms with E-state index in [0.29, 0.717) is 11.6 Å². The van der Waals surface area contributed by atoms with Gasteiger partial charge in [0.05, 0.1) is 19.9 Å². The predicted molar refractivity (Wildman–Crippen MR) is 70.4 cm³/mol. The Morgan fingerprint density at radius 2 is 1.84 bits per heavy atom. The molecule has 1 atom stereocenters. The van der Waals surface area contributed by atoms with Crippen LogP contribution < -0.4 is 9.47 Å². The molecule has 1 unspecified atom stereocenters. The Kier molecular flexibility index (Phi) is 3.97. The number of ether oxygens (including phenoxy) is 2. The van der Waals surface area contributed by atoms with Gasteiger partial charge in [0.15, 0.2) is 0 Å². The molecule has 0 bridgehead atoms. The van der Waals surface area contributed by atoms with Crippen LogP contribution in [0, 0.1) is 6.92 Å². The molecule has 5 heteroatoms. The third-order valence-electron chi connectivity index (χ3n) is 2.92. The Balaban J connectivity index is 2.29. The first-order valence-electron chi connectivity index (χ1n) is 5.86. The van der Waals surface area contributed by atoms with Gasteiger partial charge in [0.2, 0.25) is 5.88 Å². The highest BCUT2D eigenvalue weighted by molar-refractivity contribution is 5.38. The third kappa shape index (κ3) is 2.82. The summed E-state index contributed by atoms with van der Waals surface area (Å²) in [5.41, 5.74) is 2.19. The van der Waals surface area contributed by atoms with Gasteiger partial charge in [-0.3, -0.25) is 0 Å². The highest BCUT2D eigenvalue weighted by Gasteiger charge is 2.15. The van der Waals surface area contributed by atoms with E-state index in [-0.39, 0.29) is 0 Å². The molecule has 1 aromatic carbocycles. The number of hydrogen-bond donors (Lipinski definition) is 1. The molecule has 19 heavy (non-hydrogen) atoms. The topological polar surface area (TPSA) is 64.5 Å². The summed E-state index contributed by atoms with van der Waals surface area (Å²) in [6.07, 6.45) is -0.815. The fourth-order valence-electron chi connectivity index (χ4n) is 1.83. The van der Waals surface area contributed by atoms with Crippen molar-refractivity contribution in [3.63, 3.8) is 0 Å². The molecule has 5 nitrogen and oxygen atoms in total. The van der Waals surface area contributed by atoms with Gasteiger partial charge in [-0.25, -0.2) is 0 Å². The number of nitrogens with zero attached hydrogens (tertiary/aromatic N) is 2. The van der Waals surface area contributed by atoms with Crippen molar-refractivity contribution in [1.82, 2.24) is 10.2 Å². The van der Waals surface area contributed by atoms with E-state index in [2.05, 4.69) is 10.2 Å². The molecule has 100 valence electrons. The second kappa shape index (κ2) is 5.67. The Morgan fingerprint density at radius 1 is 1.05 bits per heavy atom. The maximum atomic E-state index is 10.3. The number of methoxy groups -OCH3 is 2. The van der Waals surface area contributed by atoms with Crippen LogP contribution >= 0.6 is 0 Å². The number of aryl methyl sites for hydroxylation is 1. The smallest absolute Gasteiger partial charge is 0.233 e. The molecule has 0 aliphatic carbocycles. The third-order valence-corrected chi connectivity index (χ3v) is 2.92. The Bertz CT molecular complexity index is 555. The lowest BCUT2D eigenvalue weighted by Crippen LogP contribution is -2.06. The zero-order valence-electron chi connectivity index (χ0n) is 11.1. The van der Waals surface area contributed by atoms with Crippen molar-refractivity contribution in [1.29, 1.82) is 0 Å². The summed E-state index contributed by atoms with van der Waals surface area (Å²) in [6, 6.07) is 8.87. The molecule has 0 aliphatic heterocycles. The molecule has 2 rings (SSSR count). The highest BCUT2D eigenvalue weighted by atomic mass is 16.5. The normalized spacial score (nSPS) is 12.0. The Morgan fingerprint density at radius 3 is 2.37 bits per heavy atom. The van der Waals surface area contributed by atoms with E-state index in [9.17, 15) is 5.11 Å². The van der Waals surface area contributed by atoms with Gasteiger partial charge in [0.1, 0.15) is 11.9 Å². The van der Waals surface area contributed by atoms with Crippen LogP contribution in [-0.2, 0) is 0 Å². The molecule has 2 aromatic rings. The lowest BCUT2D eigenvalue weighted by Gasteiger charge is -2.14. The monoisotopic (exact) mass is 260 g/mol. The molecular formula is C14H16N2O3. The van der Waals surface area contributed by atoms with Gasteiger partial charge in [-0.05, 0) is 36.2 Å². The lowest BCUT2D eigenvalue weighted by atomic mass is 10.0. The lowest BCUT2D eigenvalue weighted by molar-refractivity contribution is 0.212. The van der Waals surface area contributed by atoms with E-state index in [1.165, 1.54) is 7.11 Å². The van der Waals surface area contributed by atoms with Crippen LogP contribution in [0.15, 0.2) is 30.3 Å². The minimum atomic E-state index is -0.815. The molecule has 0 amide bonds. The van der Waals surface area contributed by atoms with E-state index >= 15 is 0 Å². The highest BCUT2D eigenvalue weighted by Crippen LogP contribution is 2.26. The van der Waals surface area contributed by atoms with Gasteiger partial charge in [-0.2, -0.15) is 0 Å². The van der Waals surface area contributed by atoms with E-state index < -0.39 is 6.10 Å². The van der Waals surface area contributed by atoms with Crippen LogP contribution in [0.5, 0.6) is 11.6 Å². The second-order valence-electron chi connectivity index (χ2n) is 4.13. The summed E-state index contributed by atoms with van der Waals surface area (Å²) in [4.78, 5) is 0. The summed E-state index contributed by atoms with van der Waals surface area (Å²) in [5, 5.41) is 18.1. The largest absolute Gasteiger partial charge is 0.497 e. The van der Waals surface area contributed by atoms with E-state index in [1.807, 2.05) is 25.1 Å². The molecule has 0 aliphatic rings. The van der Waals surface area contributed by atoms with E-state index in [1.54, 1.807) is 19.2 Å². The number of aromatic nitrogens is 2. The first-order chi connectivity index (χ1) is 9.15. The standard InChI is InChI=1S/C14H16N2O3/c1-9-8-10(18-2)4-5-11(9)14(17)12-6-7-13(19-3)16-15-12/h4-8,14,17H,1-3H3. The van der Waals surface area contributed by atoms with Crippen molar-refractivity contribution in [2.75, 3.05) is 14.2 Å². The molecule has 1 aromatic heterocycles. The average molecular weight is 260 g/mol. The number of aliphatic hydroxyl groups excluding tert-OH is 1. The van der Waals surface area contributed by atoms with E-state index in [4.69, 9.17) is 9.47 Å². The molecule has 0 radical (unpaired) electrons. The van der Waals surface area contributed by atoms with Crippen molar-refractivity contribution < 1.29 is 14.6 Å². The van der Waals surface area contributed by atoms with Crippen LogP contribution in [-0.4, -0.2) is 29.5 Å². The fourth-order valence-corrected chi connectivity index (χ4v) is 1.83. The summed E-state index contributed by atoms with van der Waals surface area (Å²) >= 11 is 0. The van der Waals surface area contributed by atoms with Crippen molar-refractivity contribution in [3.8, 4) is 11.6 Å². The molecular weight excluding hydrogens is 244 g/mol. The maximum Gasteiger partial charge on any atom is 0.233 e. The van der Waals surface area contributed by atoms with Gasteiger partial charge >= 0.3 is 0 Å². The summed E-state index contributed by atoms with van der Waals surface area (Å²) in [7, 11) is 3.13. The van der Waals surface area contributed by atoms with Gasteiger partial charge in [0.25, 0.3) is 0 Å². The minimum Gasteiger partial charge on any atom is -0.497 e.